The average molecular weight is 427 g/mol. The van der Waals surface area contributed by atoms with E-state index in [0.717, 1.165) is 35.3 Å². The molecule has 0 spiro atoms. The van der Waals surface area contributed by atoms with E-state index in [1.54, 1.807) is 23.0 Å². The Labute approximate surface area is 187 Å². The molecule has 6 nitrogen and oxygen atoms in total. The monoisotopic (exact) mass is 426 g/mol. The molecule has 1 aliphatic carbocycles. The average Bonchev–Trinajstić information content (AvgIpc) is 3.28. The van der Waals surface area contributed by atoms with Crippen molar-refractivity contribution in [2.24, 2.45) is 0 Å². The lowest BCUT2D eigenvalue weighted by atomic mass is 9.95. The molecular formula is C26H26N4O2. The van der Waals surface area contributed by atoms with Crippen molar-refractivity contribution in [1.82, 2.24) is 19.9 Å². The molecule has 2 aromatic carbocycles. The van der Waals surface area contributed by atoms with Gasteiger partial charge in [0.05, 0.1) is 6.20 Å². The summed E-state index contributed by atoms with van der Waals surface area (Å²) in [5.41, 5.74) is 4.07. The van der Waals surface area contributed by atoms with Gasteiger partial charge in [-0.1, -0.05) is 61.7 Å². The molecule has 32 heavy (non-hydrogen) atoms. The van der Waals surface area contributed by atoms with Crippen LogP contribution in [-0.4, -0.2) is 26.5 Å². The number of nitrogens with one attached hydrogen (secondary N) is 1. The van der Waals surface area contributed by atoms with Gasteiger partial charge in [0.25, 0.3) is 5.91 Å². The molecule has 0 unspecified atom stereocenters. The maximum Gasteiger partial charge on any atom is 0.270 e. The van der Waals surface area contributed by atoms with Crippen molar-refractivity contribution in [1.29, 1.82) is 0 Å². The first-order valence-electron chi connectivity index (χ1n) is 11.2. The summed E-state index contributed by atoms with van der Waals surface area (Å²) in [6.45, 7) is 0.526. The number of hydrogen-bond donors (Lipinski definition) is 1. The number of fused-ring (bicyclic) bond motifs is 1. The zero-order chi connectivity index (χ0) is 21.8. The Hall–Kier alpha value is -3.67. The molecule has 0 aliphatic heterocycles. The molecule has 0 atom stereocenters. The fourth-order valence-electron chi connectivity index (χ4n) is 4.18. The summed E-state index contributed by atoms with van der Waals surface area (Å²) in [7, 11) is 0. The number of carbonyl (C=O) groups excluding carboxylic acids is 1. The second-order valence-corrected chi connectivity index (χ2v) is 8.25. The standard InChI is InChI=1S/C26H26N4O2/c31-26(28-21-9-5-2-6-10-21)24-15-16-30-25(29-24)23(17-27-30)20-11-13-22(14-12-20)32-18-19-7-3-1-4-8-19/h1,3-4,7-8,11-17,21H,2,5-6,9-10,18H2,(H,28,31). The summed E-state index contributed by atoms with van der Waals surface area (Å²) in [6.07, 6.45) is 9.27. The summed E-state index contributed by atoms with van der Waals surface area (Å²) < 4.78 is 7.59. The molecule has 0 saturated heterocycles. The Kier molecular flexibility index (Phi) is 5.83. The van der Waals surface area contributed by atoms with Gasteiger partial charge in [-0.15, -0.1) is 0 Å². The van der Waals surface area contributed by atoms with E-state index in [1.165, 1.54) is 19.3 Å². The van der Waals surface area contributed by atoms with Crippen molar-refractivity contribution < 1.29 is 9.53 Å². The minimum absolute atomic E-state index is 0.115. The summed E-state index contributed by atoms with van der Waals surface area (Å²) in [5, 5.41) is 7.54. The van der Waals surface area contributed by atoms with Crippen molar-refractivity contribution in [3.63, 3.8) is 0 Å². The fourth-order valence-corrected chi connectivity index (χ4v) is 4.18. The van der Waals surface area contributed by atoms with Gasteiger partial charge in [0, 0.05) is 17.8 Å². The van der Waals surface area contributed by atoms with Gasteiger partial charge in [-0.25, -0.2) is 9.50 Å². The third-order valence-electron chi connectivity index (χ3n) is 5.96. The van der Waals surface area contributed by atoms with E-state index < -0.39 is 0 Å². The van der Waals surface area contributed by atoms with E-state index in [2.05, 4.69) is 15.4 Å². The lowest BCUT2D eigenvalue weighted by molar-refractivity contribution is 0.0923. The first-order valence-corrected chi connectivity index (χ1v) is 11.2. The van der Waals surface area contributed by atoms with Gasteiger partial charge in [-0.05, 0) is 42.2 Å². The predicted octanol–water partition coefficient (Wildman–Crippen LogP) is 5.04. The van der Waals surface area contributed by atoms with Gasteiger partial charge < -0.3 is 10.1 Å². The molecule has 0 bridgehead atoms. The van der Waals surface area contributed by atoms with Gasteiger partial charge in [-0.2, -0.15) is 5.10 Å². The second kappa shape index (κ2) is 9.22. The van der Waals surface area contributed by atoms with Gasteiger partial charge in [0.1, 0.15) is 18.1 Å². The van der Waals surface area contributed by atoms with Crippen molar-refractivity contribution >= 4 is 11.6 Å². The Morgan fingerprint density at radius 1 is 1.00 bits per heavy atom. The van der Waals surface area contributed by atoms with Gasteiger partial charge in [0.15, 0.2) is 5.65 Å². The van der Waals surface area contributed by atoms with E-state index in [9.17, 15) is 4.79 Å². The molecule has 1 saturated carbocycles. The summed E-state index contributed by atoms with van der Waals surface area (Å²) >= 11 is 0. The predicted molar refractivity (Wildman–Crippen MR) is 124 cm³/mol. The highest BCUT2D eigenvalue weighted by Gasteiger charge is 2.18. The maximum absolute atomic E-state index is 12.7. The van der Waals surface area contributed by atoms with Crippen molar-refractivity contribution in [3.05, 3.63) is 84.3 Å². The highest BCUT2D eigenvalue weighted by atomic mass is 16.5. The molecular weight excluding hydrogens is 400 g/mol. The van der Waals surface area contributed by atoms with E-state index in [4.69, 9.17) is 4.74 Å². The zero-order valence-corrected chi connectivity index (χ0v) is 17.9. The number of benzene rings is 2. The molecule has 162 valence electrons. The van der Waals surface area contributed by atoms with Crippen LogP contribution in [0.15, 0.2) is 73.1 Å². The lowest BCUT2D eigenvalue weighted by Crippen LogP contribution is -2.36. The minimum atomic E-state index is -0.115. The molecule has 6 heteroatoms. The van der Waals surface area contributed by atoms with Crippen molar-refractivity contribution in [2.75, 3.05) is 0 Å². The summed E-state index contributed by atoms with van der Waals surface area (Å²) in [6, 6.07) is 19.9. The molecule has 2 aromatic heterocycles. The molecule has 1 fully saturated rings. The number of ether oxygens (including phenoxy) is 1. The number of carbonyl (C=O) groups is 1. The van der Waals surface area contributed by atoms with Crippen LogP contribution < -0.4 is 10.1 Å². The Morgan fingerprint density at radius 3 is 2.56 bits per heavy atom. The molecule has 1 N–H and O–H groups in total. The molecule has 2 heterocycles. The number of amides is 1. The van der Waals surface area contributed by atoms with Crippen LogP contribution in [0.2, 0.25) is 0 Å². The molecule has 1 amide bonds. The Bertz CT molecular complexity index is 1200. The lowest BCUT2D eigenvalue weighted by Gasteiger charge is -2.22. The highest BCUT2D eigenvalue weighted by Crippen LogP contribution is 2.26. The zero-order valence-electron chi connectivity index (χ0n) is 17.9. The SMILES string of the molecule is O=C(NC1CCCCC1)c1ccn2ncc(-c3ccc(OCc4ccccc4)cc3)c2n1. The van der Waals surface area contributed by atoms with Gasteiger partial charge in [0.2, 0.25) is 0 Å². The summed E-state index contributed by atoms with van der Waals surface area (Å²) in [5.74, 6) is 0.686. The molecule has 0 radical (unpaired) electrons. The third-order valence-corrected chi connectivity index (χ3v) is 5.96. The molecule has 5 rings (SSSR count). The van der Waals surface area contributed by atoms with Crippen LogP contribution in [0.3, 0.4) is 0 Å². The molecule has 1 aliphatic rings. The van der Waals surface area contributed by atoms with Crippen LogP contribution >= 0.6 is 0 Å². The van der Waals surface area contributed by atoms with Crippen LogP contribution in [0.1, 0.15) is 48.2 Å². The highest BCUT2D eigenvalue weighted by molar-refractivity contribution is 5.93. The van der Waals surface area contributed by atoms with Gasteiger partial charge in [-0.3, -0.25) is 4.79 Å². The largest absolute Gasteiger partial charge is 0.489 e. The number of rotatable bonds is 6. The van der Waals surface area contributed by atoms with E-state index in [0.29, 0.717) is 17.9 Å². The first kappa shape index (κ1) is 20.2. The van der Waals surface area contributed by atoms with Crippen LogP contribution in [0.5, 0.6) is 5.75 Å². The van der Waals surface area contributed by atoms with Crippen molar-refractivity contribution in [2.45, 2.75) is 44.8 Å². The van der Waals surface area contributed by atoms with Crippen LogP contribution in [0.25, 0.3) is 16.8 Å². The number of nitrogens with zero attached hydrogens (tertiary/aromatic N) is 3. The Balaban J connectivity index is 1.32. The first-order chi connectivity index (χ1) is 15.8. The smallest absolute Gasteiger partial charge is 0.270 e. The van der Waals surface area contributed by atoms with Crippen LogP contribution in [-0.2, 0) is 6.61 Å². The topological polar surface area (TPSA) is 68.5 Å². The second-order valence-electron chi connectivity index (χ2n) is 8.25. The van der Waals surface area contributed by atoms with Crippen LogP contribution in [0.4, 0.5) is 0 Å². The van der Waals surface area contributed by atoms with Crippen molar-refractivity contribution in [3.8, 4) is 16.9 Å². The normalized spacial score (nSPS) is 14.4. The summed E-state index contributed by atoms with van der Waals surface area (Å²) in [4.78, 5) is 17.4. The fraction of sp³-hybridized carbons (Fsp3) is 0.269. The third kappa shape index (κ3) is 4.49. The number of aromatic nitrogens is 3. The minimum Gasteiger partial charge on any atom is -0.489 e. The Morgan fingerprint density at radius 2 is 1.78 bits per heavy atom. The molecule has 4 aromatic rings. The quantitative estimate of drug-likeness (QED) is 0.469. The van der Waals surface area contributed by atoms with Crippen LogP contribution in [0, 0.1) is 0 Å². The van der Waals surface area contributed by atoms with Gasteiger partial charge >= 0.3 is 0 Å². The number of hydrogen-bond acceptors (Lipinski definition) is 4. The van der Waals surface area contributed by atoms with E-state index >= 15 is 0 Å². The van der Waals surface area contributed by atoms with E-state index in [1.807, 2.05) is 54.6 Å². The van der Waals surface area contributed by atoms with E-state index in [-0.39, 0.29) is 11.9 Å². The maximum atomic E-state index is 12.7.